The summed E-state index contributed by atoms with van der Waals surface area (Å²) in [7, 11) is 3.13. The molecule has 0 aromatic carbocycles. The molecule has 0 N–H and O–H groups in total. The first-order chi connectivity index (χ1) is 7.74. The molecule has 1 fully saturated rings. The van der Waals surface area contributed by atoms with Crippen molar-refractivity contribution in [3.63, 3.8) is 0 Å². The van der Waals surface area contributed by atoms with Gasteiger partial charge in [-0.15, -0.1) is 0 Å². The van der Waals surface area contributed by atoms with Crippen LogP contribution < -0.4 is 0 Å². The van der Waals surface area contributed by atoms with Gasteiger partial charge < -0.3 is 9.47 Å². The van der Waals surface area contributed by atoms with Crippen LogP contribution in [0.25, 0.3) is 0 Å². The van der Waals surface area contributed by atoms with E-state index < -0.39 is 5.79 Å². The molecule has 0 aromatic heterocycles. The molecular weight excluding hydrogens is 204 g/mol. The number of hydrogen-bond donors (Lipinski definition) is 0. The Hall–Kier alpha value is -0.930. The van der Waals surface area contributed by atoms with Gasteiger partial charge in [-0.25, -0.2) is 0 Å². The maximum absolute atomic E-state index is 12.4. The van der Waals surface area contributed by atoms with Crippen molar-refractivity contribution < 1.29 is 14.3 Å². The van der Waals surface area contributed by atoms with Crippen LogP contribution in [0.4, 0.5) is 0 Å². The standard InChI is InChI=1S/C13H16O3/c1-15-13(16-2)11-7-6-10(12(13)14)8-4-3-5-9(8)11/h3-4,6-11H,5H2,1-2H3/t8-,9+,10+,11+/m0/s1. The maximum atomic E-state index is 12.4. The summed E-state index contributed by atoms with van der Waals surface area (Å²) in [5.41, 5.74) is 0. The van der Waals surface area contributed by atoms with Gasteiger partial charge in [0.05, 0.1) is 0 Å². The van der Waals surface area contributed by atoms with Crippen LogP contribution in [0.3, 0.4) is 0 Å². The molecule has 2 bridgehead atoms. The fourth-order valence-electron chi connectivity index (χ4n) is 3.60. The number of Topliss-reactive ketones (excluding diaryl/α,β-unsaturated/α-hetero) is 1. The number of carbonyl (C=O) groups excluding carboxylic acids is 1. The largest absolute Gasteiger partial charge is 0.347 e. The highest BCUT2D eigenvalue weighted by Crippen LogP contribution is 2.53. The Bertz CT molecular complexity index is 379. The van der Waals surface area contributed by atoms with Crippen LogP contribution in [0.1, 0.15) is 6.42 Å². The molecule has 86 valence electrons. The molecule has 0 aliphatic heterocycles. The zero-order chi connectivity index (χ0) is 11.3. The van der Waals surface area contributed by atoms with E-state index in [1.165, 1.54) is 0 Å². The molecule has 0 spiro atoms. The van der Waals surface area contributed by atoms with Crippen molar-refractivity contribution in [2.75, 3.05) is 14.2 Å². The average Bonchev–Trinajstić information content (AvgIpc) is 2.80. The number of ether oxygens (including phenoxy) is 2. The molecule has 4 aliphatic rings. The third-order valence-electron chi connectivity index (χ3n) is 4.35. The number of hydrogen-bond acceptors (Lipinski definition) is 3. The van der Waals surface area contributed by atoms with Crippen LogP contribution in [0.2, 0.25) is 0 Å². The number of rotatable bonds is 2. The van der Waals surface area contributed by atoms with Gasteiger partial charge in [-0.05, 0) is 18.3 Å². The quantitative estimate of drug-likeness (QED) is 0.523. The first kappa shape index (κ1) is 10.2. The van der Waals surface area contributed by atoms with Gasteiger partial charge in [0.15, 0.2) is 5.78 Å². The predicted molar refractivity (Wildman–Crippen MR) is 58.6 cm³/mol. The number of allylic oxidation sites excluding steroid dienone is 3. The Labute approximate surface area is 95.1 Å². The molecule has 0 unspecified atom stereocenters. The summed E-state index contributed by atoms with van der Waals surface area (Å²) < 4.78 is 10.9. The number of fused-ring (bicyclic) bond motifs is 1. The smallest absolute Gasteiger partial charge is 0.235 e. The van der Waals surface area contributed by atoms with E-state index in [2.05, 4.69) is 18.2 Å². The van der Waals surface area contributed by atoms with Crippen LogP contribution in [0.5, 0.6) is 0 Å². The summed E-state index contributed by atoms with van der Waals surface area (Å²) >= 11 is 0. The Morgan fingerprint density at radius 3 is 2.69 bits per heavy atom. The minimum absolute atomic E-state index is 0.0556. The minimum atomic E-state index is -1.04. The molecule has 4 atom stereocenters. The first-order valence-electron chi connectivity index (χ1n) is 5.74. The zero-order valence-corrected chi connectivity index (χ0v) is 9.55. The molecule has 4 aliphatic carbocycles. The lowest BCUT2D eigenvalue weighted by Gasteiger charge is -2.50. The molecule has 4 rings (SSSR count). The van der Waals surface area contributed by atoms with Gasteiger partial charge >= 0.3 is 0 Å². The SMILES string of the molecule is COC1(OC)C(=O)[C@@H]2C=C[C@@H]1[C@@H]1CC=C[C@@H]12. The maximum Gasteiger partial charge on any atom is 0.235 e. The fourth-order valence-corrected chi connectivity index (χ4v) is 3.60. The van der Waals surface area contributed by atoms with Crippen LogP contribution in [0.15, 0.2) is 24.3 Å². The molecule has 16 heavy (non-hydrogen) atoms. The van der Waals surface area contributed by atoms with E-state index in [0.717, 1.165) is 6.42 Å². The summed E-state index contributed by atoms with van der Waals surface area (Å²) in [6.45, 7) is 0. The Morgan fingerprint density at radius 2 is 2.00 bits per heavy atom. The Kier molecular flexibility index (Phi) is 2.10. The average molecular weight is 220 g/mol. The zero-order valence-electron chi connectivity index (χ0n) is 9.55. The molecule has 3 nitrogen and oxygen atoms in total. The second-order valence-corrected chi connectivity index (χ2v) is 4.78. The van der Waals surface area contributed by atoms with Gasteiger partial charge in [0.25, 0.3) is 0 Å². The number of methoxy groups -OCH3 is 2. The van der Waals surface area contributed by atoms with E-state index in [-0.39, 0.29) is 17.6 Å². The van der Waals surface area contributed by atoms with E-state index in [4.69, 9.17) is 9.47 Å². The summed E-state index contributed by atoms with van der Waals surface area (Å²) in [6.07, 6.45) is 9.52. The van der Waals surface area contributed by atoms with Gasteiger partial charge in [-0.3, -0.25) is 4.79 Å². The highest BCUT2D eigenvalue weighted by molar-refractivity contribution is 5.93. The molecular formula is C13H16O3. The lowest BCUT2D eigenvalue weighted by atomic mass is 9.60. The minimum Gasteiger partial charge on any atom is -0.347 e. The third kappa shape index (κ3) is 0.980. The van der Waals surface area contributed by atoms with Crippen molar-refractivity contribution in [2.45, 2.75) is 12.2 Å². The molecule has 0 saturated heterocycles. The Morgan fingerprint density at radius 1 is 1.25 bits per heavy atom. The molecule has 3 heteroatoms. The van der Waals surface area contributed by atoms with Crippen LogP contribution in [0, 0.1) is 23.7 Å². The van der Waals surface area contributed by atoms with Crippen molar-refractivity contribution >= 4 is 5.78 Å². The lowest BCUT2D eigenvalue weighted by Crippen LogP contribution is -2.61. The van der Waals surface area contributed by atoms with E-state index in [1.54, 1.807) is 14.2 Å². The summed E-state index contributed by atoms with van der Waals surface area (Å²) in [5, 5.41) is 0. The van der Waals surface area contributed by atoms with Crippen molar-refractivity contribution in [2.24, 2.45) is 23.7 Å². The normalized spacial score (nSPS) is 42.8. The number of carbonyl (C=O) groups is 1. The third-order valence-corrected chi connectivity index (χ3v) is 4.35. The van der Waals surface area contributed by atoms with Crippen LogP contribution >= 0.6 is 0 Å². The molecule has 0 amide bonds. The van der Waals surface area contributed by atoms with Gasteiger partial charge in [0.1, 0.15) is 0 Å². The second kappa shape index (κ2) is 3.28. The first-order valence-corrected chi connectivity index (χ1v) is 5.74. The highest BCUT2D eigenvalue weighted by Gasteiger charge is 2.61. The molecule has 0 radical (unpaired) electrons. The van der Waals surface area contributed by atoms with E-state index in [9.17, 15) is 4.79 Å². The molecule has 1 saturated carbocycles. The van der Waals surface area contributed by atoms with Gasteiger partial charge in [0.2, 0.25) is 5.79 Å². The summed E-state index contributed by atoms with van der Waals surface area (Å²) in [6, 6.07) is 0. The monoisotopic (exact) mass is 220 g/mol. The summed E-state index contributed by atoms with van der Waals surface area (Å²) in [4.78, 5) is 12.4. The van der Waals surface area contributed by atoms with Gasteiger partial charge in [0, 0.05) is 26.1 Å². The summed E-state index contributed by atoms with van der Waals surface area (Å²) in [5.74, 6) is -0.132. The lowest BCUT2D eigenvalue weighted by molar-refractivity contribution is -0.246. The van der Waals surface area contributed by atoms with E-state index in [0.29, 0.717) is 11.8 Å². The van der Waals surface area contributed by atoms with E-state index in [1.807, 2.05) is 6.08 Å². The van der Waals surface area contributed by atoms with Crippen LogP contribution in [-0.4, -0.2) is 25.8 Å². The second-order valence-electron chi connectivity index (χ2n) is 4.78. The van der Waals surface area contributed by atoms with E-state index >= 15 is 0 Å². The number of ketones is 1. The van der Waals surface area contributed by atoms with Crippen molar-refractivity contribution in [1.82, 2.24) is 0 Å². The van der Waals surface area contributed by atoms with Gasteiger partial charge in [-0.2, -0.15) is 0 Å². The topological polar surface area (TPSA) is 35.5 Å². The fraction of sp³-hybridized carbons (Fsp3) is 0.615. The highest BCUT2D eigenvalue weighted by atomic mass is 16.7. The van der Waals surface area contributed by atoms with Crippen molar-refractivity contribution in [3.8, 4) is 0 Å². The van der Waals surface area contributed by atoms with Crippen LogP contribution in [-0.2, 0) is 14.3 Å². The molecule has 0 aromatic rings. The van der Waals surface area contributed by atoms with Gasteiger partial charge in [-0.1, -0.05) is 24.3 Å². The van der Waals surface area contributed by atoms with Crippen molar-refractivity contribution in [3.05, 3.63) is 24.3 Å². The van der Waals surface area contributed by atoms with Crippen molar-refractivity contribution in [1.29, 1.82) is 0 Å². The predicted octanol–water partition coefficient (Wildman–Crippen LogP) is 1.55. The Balaban J connectivity index is 2.08. The molecule has 0 heterocycles.